The molecule has 5 rings (SSSR count). The van der Waals surface area contributed by atoms with E-state index in [0.29, 0.717) is 5.95 Å². The molecule has 4 aromatic heterocycles. The van der Waals surface area contributed by atoms with E-state index < -0.39 is 0 Å². The molecule has 1 aliphatic carbocycles. The van der Waals surface area contributed by atoms with Crippen LogP contribution in [0.3, 0.4) is 0 Å². The van der Waals surface area contributed by atoms with E-state index >= 15 is 0 Å². The summed E-state index contributed by atoms with van der Waals surface area (Å²) in [7, 11) is 1.87. The fourth-order valence-electron chi connectivity index (χ4n) is 4.22. The predicted octanol–water partition coefficient (Wildman–Crippen LogP) is 4.03. The maximum atomic E-state index is 4.65. The maximum Gasteiger partial charge on any atom is 0.228 e. The van der Waals surface area contributed by atoms with Crippen LogP contribution in [0.2, 0.25) is 0 Å². The van der Waals surface area contributed by atoms with E-state index in [0.717, 1.165) is 46.8 Å². The first-order chi connectivity index (χ1) is 14.7. The molecule has 4 heterocycles. The minimum atomic E-state index is 0.532. The van der Waals surface area contributed by atoms with Crippen molar-refractivity contribution in [3.8, 4) is 11.3 Å². The Bertz CT molecular complexity index is 1150. The average molecular weight is 403 g/mol. The Balaban J connectivity index is 1.37. The van der Waals surface area contributed by atoms with Crippen LogP contribution >= 0.6 is 0 Å². The quantitative estimate of drug-likeness (QED) is 0.542. The number of aryl methyl sites for hydroxylation is 1. The van der Waals surface area contributed by atoms with Gasteiger partial charge in [-0.05, 0) is 42.9 Å². The van der Waals surface area contributed by atoms with E-state index in [9.17, 15) is 0 Å². The van der Waals surface area contributed by atoms with Gasteiger partial charge in [-0.1, -0.05) is 19.8 Å². The van der Waals surface area contributed by atoms with Crippen LogP contribution in [0, 0.1) is 11.8 Å². The summed E-state index contributed by atoms with van der Waals surface area (Å²) >= 11 is 0. The van der Waals surface area contributed by atoms with Gasteiger partial charge in [0, 0.05) is 37.5 Å². The van der Waals surface area contributed by atoms with Crippen molar-refractivity contribution in [2.24, 2.45) is 18.9 Å². The van der Waals surface area contributed by atoms with Crippen LogP contribution in [0.1, 0.15) is 38.4 Å². The van der Waals surface area contributed by atoms with Crippen molar-refractivity contribution in [2.75, 3.05) is 5.32 Å². The minimum Gasteiger partial charge on any atom is -0.309 e. The monoisotopic (exact) mass is 402 g/mol. The van der Waals surface area contributed by atoms with Crippen LogP contribution in [0.25, 0.3) is 16.9 Å². The highest BCUT2D eigenvalue weighted by Gasteiger charge is 2.20. The van der Waals surface area contributed by atoms with E-state index in [4.69, 9.17) is 0 Å². The highest BCUT2D eigenvalue weighted by atomic mass is 15.3. The third-order valence-corrected chi connectivity index (χ3v) is 6.10. The molecule has 0 aromatic carbocycles. The summed E-state index contributed by atoms with van der Waals surface area (Å²) in [5, 5.41) is 16.3. The number of rotatable bonds is 5. The first kappa shape index (κ1) is 18.7. The molecule has 1 N–H and O–H groups in total. The molecule has 0 saturated heterocycles. The third-order valence-electron chi connectivity index (χ3n) is 6.10. The Morgan fingerprint density at radius 1 is 1.07 bits per heavy atom. The second-order valence-electron chi connectivity index (χ2n) is 8.32. The van der Waals surface area contributed by atoms with Gasteiger partial charge in [0.1, 0.15) is 11.6 Å². The van der Waals surface area contributed by atoms with Crippen LogP contribution in [-0.4, -0.2) is 34.3 Å². The Morgan fingerprint density at radius 2 is 1.93 bits per heavy atom. The Kier molecular flexibility index (Phi) is 4.90. The zero-order valence-corrected chi connectivity index (χ0v) is 17.4. The molecule has 0 unspecified atom stereocenters. The lowest BCUT2D eigenvalue weighted by Crippen LogP contribution is -2.15. The third kappa shape index (κ3) is 3.77. The van der Waals surface area contributed by atoms with Gasteiger partial charge in [0.05, 0.1) is 11.9 Å². The molecule has 154 valence electrons. The molecule has 0 radical (unpaired) electrons. The van der Waals surface area contributed by atoms with Crippen molar-refractivity contribution in [3.05, 3.63) is 48.7 Å². The summed E-state index contributed by atoms with van der Waals surface area (Å²) in [6.07, 6.45) is 11.8. The first-order valence-corrected chi connectivity index (χ1v) is 10.6. The molecule has 0 aliphatic heterocycles. The molecular weight excluding hydrogens is 376 g/mol. The molecule has 1 saturated carbocycles. The predicted molar refractivity (Wildman–Crippen MR) is 115 cm³/mol. The molecule has 0 amide bonds. The number of hydrogen-bond donors (Lipinski definition) is 1. The smallest absolute Gasteiger partial charge is 0.228 e. The number of fused-ring (bicyclic) bond motifs is 1. The molecule has 0 spiro atoms. The van der Waals surface area contributed by atoms with E-state index in [1.165, 1.54) is 25.7 Å². The molecule has 0 bridgehead atoms. The molecule has 8 heteroatoms. The summed E-state index contributed by atoms with van der Waals surface area (Å²) in [5.74, 6) is 4.00. The SMILES string of the molecule is CC1CCC(Cc2nnc3cc(-c4ccnc(Nc5ccnn5C)n4)ccn23)CC1. The summed E-state index contributed by atoms with van der Waals surface area (Å²) in [6.45, 7) is 2.36. The van der Waals surface area contributed by atoms with Crippen molar-refractivity contribution in [1.29, 1.82) is 0 Å². The molecular formula is C22H26N8. The second kappa shape index (κ2) is 7.85. The van der Waals surface area contributed by atoms with E-state index in [2.05, 4.69) is 54.2 Å². The maximum absolute atomic E-state index is 4.65. The van der Waals surface area contributed by atoms with Gasteiger partial charge >= 0.3 is 0 Å². The number of pyridine rings is 1. The van der Waals surface area contributed by atoms with E-state index in [-0.39, 0.29) is 0 Å². The molecule has 1 aliphatic rings. The summed E-state index contributed by atoms with van der Waals surface area (Å²) in [6, 6.07) is 7.89. The van der Waals surface area contributed by atoms with Gasteiger partial charge in [0.15, 0.2) is 5.65 Å². The fourth-order valence-corrected chi connectivity index (χ4v) is 4.22. The summed E-state index contributed by atoms with van der Waals surface area (Å²) < 4.78 is 3.85. The lowest BCUT2D eigenvalue weighted by Gasteiger charge is -2.25. The normalized spacial score (nSPS) is 19.3. The Hall–Kier alpha value is -3.29. The Labute approximate surface area is 175 Å². The second-order valence-corrected chi connectivity index (χ2v) is 8.32. The lowest BCUT2D eigenvalue weighted by atomic mass is 9.81. The number of aromatic nitrogens is 7. The van der Waals surface area contributed by atoms with Crippen molar-refractivity contribution in [1.82, 2.24) is 34.3 Å². The van der Waals surface area contributed by atoms with E-state index in [1.807, 2.05) is 25.2 Å². The summed E-state index contributed by atoms with van der Waals surface area (Å²) in [4.78, 5) is 8.97. The van der Waals surface area contributed by atoms with E-state index in [1.54, 1.807) is 17.1 Å². The van der Waals surface area contributed by atoms with Gasteiger partial charge in [-0.25, -0.2) is 9.97 Å². The average Bonchev–Trinajstić information content (AvgIpc) is 3.35. The van der Waals surface area contributed by atoms with Gasteiger partial charge < -0.3 is 5.32 Å². The summed E-state index contributed by atoms with van der Waals surface area (Å²) in [5.41, 5.74) is 2.68. The first-order valence-electron chi connectivity index (χ1n) is 10.6. The number of hydrogen-bond acceptors (Lipinski definition) is 6. The molecule has 30 heavy (non-hydrogen) atoms. The molecule has 1 fully saturated rings. The standard InChI is InChI=1S/C22H26N8/c1-15-3-5-16(6-4-15)13-20-27-28-21-14-17(9-12-30(20)21)18-7-10-23-22(25-18)26-19-8-11-24-29(19)2/h7-12,14-16H,3-6,13H2,1-2H3,(H,23,25,26). The van der Waals surface area contributed by atoms with Gasteiger partial charge in [0.25, 0.3) is 0 Å². The lowest BCUT2D eigenvalue weighted by molar-refractivity contribution is 0.285. The Morgan fingerprint density at radius 3 is 2.73 bits per heavy atom. The molecule has 4 aromatic rings. The number of nitrogens with zero attached hydrogens (tertiary/aromatic N) is 7. The van der Waals surface area contributed by atoms with Crippen molar-refractivity contribution < 1.29 is 0 Å². The van der Waals surface area contributed by atoms with Gasteiger partial charge in [-0.3, -0.25) is 9.08 Å². The van der Waals surface area contributed by atoms with Crippen molar-refractivity contribution in [3.63, 3.8) is 0 Å². The zero-order valence-electron chi connectivity index (χ0n) is 17.4. The highest BCUT2D eigenvalue weighted by molar-refractivity contribution is 5.65. The van der Waals surface area contributed by atoms with Crippen molar-refractivity contribution in [2.45, 2.75) is 39.0 Å². The highest BCUT2D eigenvalue weighted by Crippen LogP contribution is 2.30. The van der Waals surface area contributed by atoms with Gasteiger partial charge in [-0.15, -0.1) is 10.2 Å². The van der Waals surface area contributed by atoms with Gasteiger partial charge in [0.2, 0.25) is 5.95 Å². The van der Waals surface area contributed by atoms with Crippen LogP contribution in [0.5, 0.6) is 0 Å². The molecule has 0 atom stereocenters. The number of nitrogens with one attached hydrogen (secondary N) is 1. The topological polar surface area (TPSA) is 85.8 Å². The van der Waals surface area contributed by atoms with Crippen LogP contribution < -0.4 is 5.32 Å². The van der Waals surface area contributed by atoms with Crippen LogP contribution in [0.15, 0.2) is 42.9 Å². The number of anilines is 2. The fraction of sp³-hybridized carbons (Fsp3) is 0.409. The van der Waals surface area contributed by atoms with Crippen LogP contribution in [-0.2, 0) is 13.5 Å². The zero-order chi connectivity index (χ0) is 20.5. The molecule has 8 nitrogen and oxygen atoms in total. The largest absolute Gasteiger partial charge is 0.309 e. The van der Waals surface area contributed by atoms with Crippen molar-refractivity contribution >= 4 is 17.4 Å². The van der Waals surface area contributed by atoms with Crippen LogP contribution in [0.4, 0.5) is 11.8 Å². The minimum absolute atomic E-state index is 0.532. The van der Waals surface area contributed by atoms with Gasteiger partial charge in [-0.2, -0.15) is 5.10 Å².